The first-order valence-electron chi connectivity index (χ1n) is 4.56. The molecule has 1 unspecified atom stereocenters. The van der Waals surface area contributed by atoms with Gasteiger partial charge in [0.15, 0.2) is 5.69 Å². The van der Waals surface area contributed by atoms with Gasteiger partial charge in [0.25, 0.3) is 0 Å². The first-order chi connectivity index (χ1) is 7.08. The van der Waals surface area contributed by atoms with Gasteiger partial charge in [0.2, 0.25) is 0 Å². The summed E-state index contributed by atoms with van der Waals surface area (Å²) in [6, 6.07) is 1.27. The Labute approximate surface area is 87.6 Å². The second-order valence-corrected chi connectivity index (χ2v) is 3.28. The number of nitrogens with two attached hydrogens (primary N) is 1. The van der Waals surface area contributed by atoms with Crippen LogP contribution in [0.2, 0.25) is 0 Å². The van der Waals surface area contributed by atoms with Crippen molar-refractivity contribution >= 4 is 5.97 Å². The van der Waals surface area contributed by atoms with Crippen molar-refractivity contribution in [1.82, 2.24) is 9.78 Å². The Kier molecular flexibility index (Phi) is 3.81. The van der Waals surface area contributed by atoms with Crippen molar-refractivity contribution in [3.8, 4) is 0 Å². The SMILES string of the molecule is COC(=O)c1cc(CC(N)CO)n(C)n1. The van der Waals surface area contributed by atoms with Crippen LogP contribution in [0.15, 0.2) is 6.07 Å². The van der Waals surface area contributed by atoms with Crippen LogP contribution in [0.4, 0.5) is 0 Å². The summed E-state index contributed by atoms with van der Waals surface area (Å²) < 4.78 is 6.10. The highest BCUT2D eigenvalue weighted by Crippen LogP contribution is 2.06. The van der Waals surface area contributed by atoms with Crippen LogP contribution in [-0.2, 0) is 18.2 Å². The number of aryl methyl sites for hydroxylation is 1. The minimum Gasteiger partial charge on any atom is -0.464 e. The van der Waals surface area contributed by atoms with Gasteiger partial charge in [0.1, 0.15) is 0 Å². The standard InChI is InChI=1S/C9H15N3O3/c1-12-7(3-6(10)5-13)4-8(11-12)9(14)15-2/h4,6,13H,3,5,10H2,1-2H3. The Morgan fingerprint density at radius 3 is 3.00 bits per heavy atom. The van der Waals surface area contributed by atoms with Crippen LogP contribution in [-0.4, -0.2) is 40.6 Å². The maximum Gasteiger partial charge on any atom is 0.358 e. The molecule has 0 fully saturated rings. The minimum absolute atomic E-state index is 0.0985. The van der Waals surface area contributed by atoms with Gasteiger partial charge in [-0.05, 0) is 6.07 Å². The average molecular weight is 213 g/mol. The van der Waals surface area contributed by atoms with Gasteiger partial charge < -0.3 is 15.6 Å². The maximum atomic E-state index is 11.2. The monoisotopic (exact) mass is 213 g/mol. The minimum atomic E-state index is -0.477. The number of carbonyl (C=O) groups excluding carboxylic acids is 1. The summed E-state index contributed by atoms with van der Waals surface area (Å²) in [5, 5.41) is 12.8. The van der Waals surface area contributed by atoms with Crippen molar-refractivity contribution in [2.24, 2.45) is 12.8 Å². The van der Waals surface area contributed by atoms with Gasteiger partial charge in [-0.15, -0.1) is 0 Å². The van der Waals surface area contributed by atoms with Crippen LogP contribution < -0.4 is 5.73 Å². The summed E-state index contributed by atoms with van der Waals surface area (Å²) in [5.41, 5.74) is 6.62. The number of nitrogens with zero attached hydrogens (tertiary/aromatic N) is 2. The van der Waals surface area contributed by atoms with Crippen molar-refractivity contribution in [1.29, 1.82) is 0 Å². The number of rotatable bonds is 4. The molecular weight excluding hydrogens is 198 g/mol. The van der Waals surface area contributed by atoms with E-state index in [0.717, 1.165) is 5.69 Å². The van der Waals surface area contributed by atoms with E-state index in [1.807, 2.05) is 0 Å². The summed E-state index contributed by atoms with van der Waals surface area (Å²) in [6.45, 7) is -0.0985. The lowest BCUT2D eigenvalue weighted by Gasteiger charge is -2.06. The largest absolute Gasteiger partial charge is 0.464 e. The molecule has 1 atom stereocenters. The third kappa shape index (κ3) is 2.77. The predicted molar refractivity (Wildman–Crippen MR) is 53.3 cm³/mol. The highest BCUT2D eigenvalue weighted by Gasteiger charge is 2.14. The van der Waals surface area contributed by atoms with E-state index in [1.165, 1.54) is 7.11 Å². The number of carbonyl (C=O) groups is 1. The van der Waals surface area contributed by atoms with Crippen molar-refractivity contribution in [3.63, 3.8) is 0 Å². The Morgan fingerprint density at radius 1 is 1.80 bits per heavy atom. The number of aromatic nitrogens is 2. The Hall–Kier alpha value is -1.40. The number of hydrogen-bond donors (Lipinski definition) is 2. The molecule has 84 valence electrons. The quantitative estimate of drug-likeness (QED) is 0.630. The molecule has 1 rings (SSSR count). The van der Waals surface area contributed by atoms with E-state index in [-0.39, 0.29) is 18.3 Å². The molecule has 6 nitrogen and oxygen atoms in total. The van der Waals surface area contributed by atoms with Gasteiger partial charge >= 0.3 is 5.97 Å². The zero-order valence-corrected chi connectivity index (χ0v) is 8.80. The number of aliphatic hydroxyl groups excluding tert-OH is 1. The van der Waals surface area contributed by atoms with Gasteiger partial charge in [-0.2, -0.15) is 5.10 Å². The number of hydrogen-bond acceptors (Lipinski definition) is 5. The first-order valence-corrected chi connectivity index (χ1v) is 4.56. The molecule has 0 aliphatic carbocycles. The van der Waals surface area contributed by atoms with E-state index < -0.39 is 5.97 Å². The summed E-state index contributed by atoms with van der Waals surface area (Å²) in [6.07, 6.45) is 0.469. The molecule has 0 aromatic carbocycles. The second-order valence-electron chi connectivity index (χ2n) is 3.28. The van der Waals surface area contributed by atoms with Crippen molar-refractivity contribution in [2.45, 2.75) is 12.5 Å². The number of ether oxygens (including phenoxy) is 1. The molecule has 0 radical (unpaired) electrons. The Morgan fingerprint density at radius 2 is 2.47 bits per heavy atom. The van der Waals surface area contributed by atoms with Crippen LogP contribution in [0.3, 0.4) is 0 Å². The van der Waals surface area contributed by atoms with Crippen LogP contribution >= 0.6 is 0 Å². The molecule has 0 aliphatic heterocycles. The van der Waals surface area contributed by atoms with Gasteiger partial charge in [-0.1, -0.05) is 0 Å². The van der Waals surface area contributed by atoms with Crippen LogP contribution in [0.5, 0.6) is 0 Å². The summed E-state index contributed by atoms with van der Waals surface area (Å²) in [7, 11) is 3.02. The number of aliphatic hydroxyl groups is 1. The zero-order chi connectivity index (χ0) is 11.4. The molecule has 1 aromatic heterocycles. The third-order valence-corrected chi connectivity index (χ3v) is 2.08. The molecule has 0 amide bonds. The zero-order valence-electron chi connectivity index (χ0n) is 8.80. The van der Waals surface area contributed by atoms with Crippen molar-refractivity contribution in [2.75, 3.05) is 13.7 Å². The van der Waals surface area contributed by atoms with E-state index in [4.69, 9.17) is 10.8 Å². The van der Waals surface area contributed by atoms with Crippen molar-refractivity contribution in [3.05, 3.63) is 17.5 Å². The first kappa shape index (κ1) is 11.7. The van der Waals surface area contributed by atoms with E-state index in [0.29, 0.717) is 6.42 Å². The molecule has 0 spiro atoms. The van der Waals surface area contributed by atoms with Gasteiger partial charge in [-0.3, -0.25) is 4.68 Å². The molecule has 0 saturated carbocycles. The predicted octanol–water partition coefficient (Wildman–Crippen LogP) is -0.931. The highest BCUT2D eigenvalue weighted by atomic mass is 16.5. The number of esters is 1. The lowest BCUT2D eigenvalue weighted by Crippen LogP contribution is -2.27. The van der Waals surface area contributed by atoms with Gasteiger partial charge in [0, 0.05) is 25.2 Å². The fourth-order valence-corrected chi connectivity index (χ4v) is 1.23. The molecule has 0 bridgehead atoms. The molecule has 15 heavy (non-hydrogen) atoms. The molecule has 0 aliphatic rings. The summed E-state index contributed by atoms with van der Waals surface area (Å²) >= 11 is 0. The van der Waals surface area contributed by atoms with Crippen molar-refractivity contribution < 1.29 is 14.6 Å². The normalized spacial score (nSPS) is 12.5. The third-order valence-electron chi connectivity index (χ3n) is 2.08. The fraction of sp³-hybridized carbons (Fsp3) is 0.556. The fourth-order valence-electron chi connectivity index (χ4n) is 1.23. The molecule has 6 heteroatoms. The maximum absolute atomic E-state index is 11.2. The highest BCUT2D eigenvalue weighted by molar-refractivity contribution is 5.87. The van der Waals surface area contributed by atoms with Crippen LogP contribution in [0, 0.1) is 0 Å². The van der Waals surface area contributed by atoms with Gasteiger partial charge in [0.05, 0.1) is 13.7 Å². The molecular formula is C9H15N3O3. The smallest absolute Gasteiger partial charge is 0.358 e. The summed E-state index contributed by atoms with van der Waals surface area (Å²) in [4.78, 5) is 11.2. The van der Waals surface area contributed by atoms with E-state index in [9.17, 15) is 4.79 Å². The molecule has 3 N–H and O–H groups in total. The molecule has 0 saturated heterocycles. The lowest BCUT2D eigenvalue weighted by molar-refractivity contribution is 0.0593. The second kappa shape index (κ2) is 4.90. The topological polar surface area (TPSA) is 90.4 Å². The van der Waals surface area contributed by atoms with E-state index in [1.54, 1.807) is 17.8 Å². The van der Waals surface area contributed by atoms with E-state index in [2.05, 4.69) is 9.84 Å². The Bertz CT molecular complexity index is 348. The van der Waals surface area contributed by atoms with Gasteiger partial charge in [-0.25, -0.2) is 4.79 Å². The lowest BCUT2D eigenvalue weighted by atomic mass is 10.2. The van der Waals surface area contributed by atoms with Crippen LogP contribution in [0.25, 0.3) is 0 Å². The Balaban J connectivity index is 2.82. The van der Waals surface area contributed by atoms with E-state index >= 15 is 0 Å². The number of methoxy groups -OCH3 is 1. The average Bonchev–Trinajstić information content (AvgIpc) is 2.59. The van der Waals surface area contributed by atoms with Crippen LogP contribution in [0.1, 0.15) is 16.2 Å². The summed E-state index contributed by atoms with van der Waals surface area (Å²) in [5.74, 6) is -0.477. The molecule has 1 aromatic rings. The molecule has 1 heterocycles.